The number of hydrogen-bond donors (Lipinski definition) is 1. The molecule has 0 N–H and O–H groups in total. The van der Waals surface area contributed by atoms with Gasteiger partial charge < -0.3 is 9.47 Å². The Bertz CT molecular complexity index is 789. The predicted octanol–water partition coefficient (Wildman–Crippen LogP) is 4.97. The molecular weight excluding hydrogens is 465 g/mol. The summed E-state index contributed by atoms with van der Waals surface area (Å²) in [6.07, 6.45) is 0.726. The fourth-order valence-corrected chi connectivity index (χ4v) is 2.75. The molecule has 0 aliphatic heterocycles. The summed E-state index contributed by atoms with van der Waals surface area (Å²) < 4.78 is 12.4. The zero-order valence-corrected chi connectivity index (χ0v) is 20.1. The molecule has 0 fully saturated rings. The van der Waals surface area contributed by atoms with Crippen molar-refractivity contribution in [1.29, 1.82) is 0 Å². The standard InChI is InChI=1S/C11H13BrO2.C11H14O2.BHNS/c1-2-14-11(13)7-9-4-3-5-10(6-9)8-12;1-3-13-11(12)8-10-6-4-5-9(2)7-10;1-2-3/h3-6H,2,7-8H2,1H3;4-7H,3,8H2,1-2H3;3H. The Morgan fingerprint density at radius 2 is 1.37 bits per heavy atom. The quantitative estimate of drug-likeness (QED) is 0.256. The van der Waals surface area contributed by atoms with Crippen molar-refractivity contribution in [2.24, 2.45) is 4.30 Å². The Morgan fingerprint density at radius 3 is 1.80 bits per heavy atom. The number of benzene rings is 2. The van der Waals surface area contributed by atoms with E-state index in [2.05, 4.69) is 40.7 Å². The first-order chi connectivity index (χ1) is 14.4. The number of rotatable bonds is 7. The third-order valence-corrected chi connectivity index (χ3v) is 4.18. The number of esters is 2. The van der Waals surface area contributed by atoms with Gasteiger partial charge >= 0.3 is 36.7 Å². The van der Waals surface area contributed by atoms with Crippen molar-refractivity contribution in [3.05, 3.63) is 70.8 Å². The van der Waals surface area contributed by atoms with Gasteiger partial charge in [0.1, 0.15) is 0 Å². The number of aryl methyl sites for hydroxylation is 1. The van der Waals surface area contributed by atoms with E-state index in [0.29, 0.717) is 26.1 Å². The molecule has 2 aromatic rings. The van der Waals surface area contributed by atoms with Gasteiger partial charge in [0.05, 0.1) is 26.1 Å². The van der Waals surface area contributed by atoms with Gasteiger partial charge in [0.2, 0.25) is 0 Å². The van der Waals surface area contributed by atoms with Gasteiger partial charge in [0.25, 0.3) is 0 Å². The summed E-state index contributed by atoms with van der Waals surface area (Å²) in [6, 6.07) is 15.8. The van der Waals surface area contributed by atoms with Crippen molar-refractivity contribution in [3.63, 3.8) is 0 Å². The van der Waals surface area contributed by atoms with Crippen LogP contribution >= 0.6 is 28.7 Å². The van der Waals surface area contributed by atoms with Crippen LogP contribution in [0.1, 0.15) is 36.1 Å². The summed E-state index contributed by atoms with van der Waals surface area (Å²) in [4.78, 5) is 22.3. The second-order valence-corrected chi connectivity index (χ2v) is 6.81. The molecule has 2 rings (SSSR count). The van der Waals surface area contributed by atoms with E-state index in [1.807, 2.05) is 69.3 Å². The van der Waals surface area contributed by atoms with E-state index in [1.54, 1.807) is 0 Å². The van der Waals surface area contributed by atoms with Crippen LogP contribution in [-0.4, -0.2) is 32.8 Å². The molecule has 0 atom stereocenters. The fraction of sp³-hybridized carbons (Fsp3) is 0.364. The van der Waals surface area contributed by atoms with Crippen LogP contribution in [0.5, 0.6) is 0 Å². The second kappa shape index (κ2) is 17.9. The van der Waals surface area contributed by atoms with Gasteiger partial charge in [-0.1, -0.05) is 70.0 Å². The van der Waals surface area contributed by atoms with E-state index in [9.17, 15) is 9.59 Å². The molecule has 0 aliphatic carbocycles. The molecule has 0 bridgehead atoms. The van der Waals surface area contributed by atoms with Crippen LogP contribution in [0.25, 0.3) is 0 Å². The van der Waals surface area contributed by atoms with Gasteiger partial charge in [-0.25, -0.2) is 0 Å². The third kappa shape index (κ3) is 14.1. The average molecular weight is 493 g/mol. The summed E-state index contributed by atoms with van der Waals surface area (Å²) >= 11 is 6.56. The van der Waals surface area contributed by atoms with E-state index < -0.39 is 0 Å². The molecule has 1 radical (unpaired) electrons. The fourth-order valence-electron chi connectivity index (χ4n) is 2.40. The summed E-state index contributed by atoms with van der Waals surface area (Å²) in [6.45, 7) is 6.53. The maximum absolute atomic E-state index is 11.2. The van der Waals surface area contributed by atoms with Gasteiger partial charge in [-0.05, 0) is 37.5 Å². The van der Waals surface area contributed by atoms with Gasteiger partial charge in [0.15, 0.2) is 0 Å². The number of alkyl halides is 1. The second-order valence-electron chi connectivity index (χ2n) is 6.02. The number of carbonyl (C=O) groups excluding carboxylic acids is 2. The molecule has 0 aliphatic rings. The molecule has 0 spiro atoms. The van der Waals surface area contributed by atoms with Crippen LogP contribution < -0.4 is 0 Å². The van der Waals surface area contributed by atoms with Gasteiger partial charge in [0, 0.05) is 5.33 Å². The SMILES string of the molecule is CCOC(=O)Cc1cccc(C)c1.CCOC(=O)Cc1cccc(CBr)c1.[B]=NS. The van der Waals surface area contributed by atoms with Crippen molar-refractivity contribution in [2.45, 2.75) is 38.9 Å². The number of ether oxygens (including phenoxy) is 2. The molecule has 161 valence electrons. The number of hydrogen-bond acceptors (Lipinski definition) is 6. The normalized spacial score (nSPS) is 9.20. The maximum atomic E-state index is 11.2. The molecule has 8 heteroatoms. The Balaban J connectivity index is 0.000000497. The van der Waals surface area contributed by atoms with Crippen LogP contribution in [0.15, 0.2) is 52.8 Å². The Morgan fingerprint density at radius 1 is 0.933 bits per heavy atom. The molecule has 2 aromatic carbocycles. The van der Waals surface area contributed by atoms with E-state index in [1.165, 1.54) is 11.1 Å². The summed E-state index contributed by atoms with van der Waals surface area (Å²) in [5.74, 6) is -0.327. The van der Waals surface area contributed by atoms with Gasteiger partial charge in [-0.3, -0.25) is 9.59 Å². The zero-order chi connectivity index (χ0) is 22.8. The van der Waals surface area contributed by atoms with Gasteiger partial charge in [-0.2, -0.15) is 0 Å². The molecule has 30 heavy (non-hydrogen) atoms. The van der Waals surface area contributed by atoms with Crippen LogP contribution in [0.3, 0.4) is 0 Å². The molecule has 0 unspecified atom stereocenters. The summed E-state index contributed by atoms with van der Waals surface area (Å²) in [7, 11) is 4.34. The molecule has 0 amide bonds. The third-order valence-electron chi connectivity index (χ3n) is 3.54. The van der Waals surface area contributed by atoms with Crippen LogP contribution in [-0.2, 0) is 37.2 Å². The Hall–Kier alpha value is -1.93. The first-order valence-electron chi connectivity index (χ1n) is 9.44. The first kappa shape index (κ1) is 28.1. The molecular formula is C22H28BBrNO4S. The number of carbonyl (C=O) groups is 2. The number of halogens is 1. The van der Waals surface area contributed by atoms with Crippen LogP contribution in [0.2, 0.25) is 0 Å². The predicted molar refractivity (Wildman–Crippen MR) is 128 cm³/mol. The topological polar surface area (TPSA) is 65.0 Å². The molecule has 5 nitrogen and oxygen atoms in total. The monoisotopic (exact) mass is 492 g/mol. The average Bonchev–Trinajstić information content (AvgIpc) is 2.69. The zero-order valence-electron chi connectivity index (χ0n) is 17.6. The Kier molecular flexibility index (Phi) is 16.7. The van der Waals surface area contributed by atoms with Crippen LogP contribution in [0, 0.1) is 6.92 Å². The van der Waals surface area contributed by atoms with Crippen molar-refractivity contribution in [1.82, 2.24) is 0 Å². The van der Waals surface area contributed by atoms with Crippen LogP contribution in [0.4, 0.5) is 0 Å². The molecule has 0 saturated carbocycles. The van der Waals surface area contributed by atoms with Gasteiger partial charge in [-0.15, -0.1) is 0 Å². The van der Waals surface area contributed by atoms with Crippen molar-refractivity contribution in [2.75, 3.05) is 13.2 Å². The van der Waals surface area contributed by atoms with E-state index >= 15 is 0 Å². The minimum atomic E-state index is -0.167. The molecule has 0 aromatic heterocycles. The van der Waals surface area contributed by atoms with Crippen molar-refractivity contribution < 1.29 is 19.1 Å². The molecule has 0 heterocycles. The van der Waals surface area contributed by atoms with E-state index in [-0.39, 0.29) is 11.9 Å². The number of thiol groups is 1. The minimum absolute atomic E-state index is 0.159. The first-order valence-corrected chi connectivity index (χ1v) is 11.0. The number of nitrogens with zero attached hydrogens (tertiary/aromatic N) is 1. The summed E-state index contributed by atoms with van der Waals surface area (Å²) in [5, 5.41) is 0.809. The van der Waals surface area contributed by atoms with Crippen molar-refractivity contribution >= 4 is 48.3 Å². The molecule has 0 saturated heterocycles. The Labute approximate surface area is 194 Å². The summed E-state index contributed by atoms with van der Waals surface area (Å²) in [5.41, 5.74) is 4.35. The van der Waals surface area contributed by atoms with Crippen molar-refractivity contribution in [3.8, 4) is 0 Å². The van der Waals surface area contributed by atoms with E-state index in [0.717, 1.165) is 16.5 Å². The van der Waals surface area contributed by atoms with E-state index in [4.69, 9.17) is 9.47 Å².